The Morgan fingerprint density at radius 1 is 0.903 bits per heavy atom. The van der Waals surface area contributed by atoms with E-state index in [-0.39, 0.29) is 5.92 Å². The van der Waals surface area contributed by atoms with Crippen molar-refractivity contribution in [2.75, 3.05) is 6.61 Å². The topological polar surface area (TPSA) is 110 Å². The molecular weight excluding hydrogens is 464 g/mol. The van der Waals surface area contributed by atoms with Crippen LogP contribution in [0.1, 0.15) is 65.4 Å². The van der Waals surface area contributed by atoms with Crippen molar-refractivity contribution in [2.24, 2.45) is 0 Å². The Balaban J connectivity index is 2.11. The van der Waals surface area contributed by atoms with Crippen molar-refractivity contribution in [2.45, 2.75) is 70.2 Å². The van der Waals surface area contributed by atoms with Gasteiger partial charge in [0.2, 0.25) is 0 Å². The maximum atomic E-state index is 11.3. The zero-order chi connectivity index (χ0) is 23.0. The van der Waals surface area contributed by atoms with E-state index in [0.29, 0.717) is 11.1 Å². The Kier molecular flexibility index (Phi) is 7.58. The van der Waals surface area contributed by atoms with Gasteiger partial charge in [0, 0.05) is 4.47 Å². The molecule has 6 atom stereocenters. The minimum Gasteiger partial charge on any atom is -0.394 e. The predicted octanol–water partition coefficient (Wildman–Crippen LogP) is 2.79. The molecule has 1 aliphatic rings. The van der Waals surface area contributed by atoms with Crippen LogP contribution in [0.3, 0.4) is 0 Å². The summed E-state index contributed by atoms with van der Waals surface area (Å²) in [5, 5.41) is 51.8. The van der Waals surface area contributed by atoms with E-state index < -0.39 is 43.2 Å². The van der Waals surface area contributed by atoms with Crippen LogP contribution in [0, 0.1) is 13.8 Å². The van der Waals surface area contributed by atoms with Crippen molar-refractivity contribution in [1.29, 1.82) is 0 Å². The van der Waals surface area contributed by atoms with Crippen LogP contribution in [0.2, 0.25) is 0 Å². The van der Waals surface area contributed by atoms with E-state index in [1.165, 1.54) is 0 Å². The molecule has 5 N–H and O–H groups in total. The minimum absolute atomic E-state index is 0.142. The van der Waals surface area contributed by atoms with Gasteiger partial charge in [-0.05, 0) is 71.3 Å². The second kappa shape index (κ2) is 9.67. The number of hydrogen-bond donors (Lipinski definition) is 5. The standard InChI is InChI=1S/C24H31BrO6/c1-11(2)16-8-13(4)17(24-23(30)22(29)21(28)19(10-26)31-24)9-18(16)20(27)15-6-5-14(25)7-12(15)3/h5-9,11,19-24,26-30H,10H2,1-4H3/t19-,20?,21+,22+,23+,24+/m1/s1. The predicted molar refractivity (Wildman–Crippen MR) is 121 cm³/mol. The highest BCUT2D eigenvalue weighted by atomic mass is 79.9. The lowest BCUT2D eigenvalue weighted by Gasteiger charge is -2.41. The molecule has 31 heavy (non-hydrogen) atoms. The van der Waals surface area contributed by atoms with Crippen LogP contribution in [0.5, 0.6) is 0 Å². The molecule has 6 nitrogen and oxygen atoms in total. The second-order valence-corrected chi connectivity index (χ2v) is 9.56. The van der Waals surface area contributed by atoms with Crippen LogP contribution in [0.25, 0.3) is 0 Å². The number of hydrogen-bond acceptors (Lipinski definition) is 6. The van der Waals surface area contributed by atoms with Crippen LogP contribution in [-0.4, -0.2) is 56.6 Å². The molecule has 0 bridgehead atoms. The molecule has 3 rings (SSSR count). The monoisotopic (exact) mass is 494 g/mol. The molecular formula is C24H31BrO6. The van der Waals surface area contributed by atoms with Gasteiger partial charge in [-0.1, -0.05) is 41.9 Å². The van der Waals surface area contributed by atoms with Gasteiger partial charge in [0.15, 0.2) is 0 Å². The molecule has 0 spiro atoms. The molecule has 2 aromatic rings. The highest BCUT2D eigenvalue weighted by molar-refractivity contribution is 9.10. The summed E-state index contributed by atoms with van der Waals surface area (Å²) in [6, 6.07) is 9.48. The largest absolute Gasteiger partial charge is 0.394 e. The Hall–Kier alpha value is -1.32. The number of aliphatic hydroxyl groups is 5. The molecule has 1 saturated heterocycles. The highest BCUT2D eigenvalue weighted by Crippen LogP contribution is 2.39. The molecule has 1 fully saturated rings. The Bertz CT molecular complexity index is 929. The van der Waals surface area contributed by atoms with E-state index in [2.05, 4.69) is 15.9 Å². The summed E-state index contributed by atoms with van der Waals surface area (Å²) in [5.74, 6) is 0.142. The lowest BCUT2D eigenvalue weighted by atomic mass is 9.83. The molecule has 2 aromatic carbocycles. The van der Waals surface area contributed by atoms with Gasteiger partial charge in [-0.3, -0.25) is 0 Å². The van der Waals surface area contributed by atoms with Gasteiger partial charge in [0.05, 0.1) is 6.61 Å². The van der Waals surface area contributed by atoms with Crippen molar-refractivity contribution in [3.05, 3.63) is 68.2 Å². The fourth-order valence-electron chi connectivity index (χ4n) is 4.28. The normalized spacial score (nSPS) is 27.5. The van der Waals surface area contributed by atoms with E-state index in [0.717, 1.165) is 26.7 Å². The highest BCUT2D eigenvalue weighted by Gasteiger charge is 2.44. The number of benzene rings is 2. The minimum atomic E-state index is -1.46. The van der Waals surface area contributed by atoms with Gasteiger partial charge < -0.3 is 30.3 Å². The van der Waals surface area contributed by atoms with E-state index in [9.17, 15) is 25.5 Å². The molecule has 1 unspecified atom stereocenters. The molecule has 0 amide bonds. The fourth-order valence-corrected chi connectivity index (χ4v) is 4.76. The Labute approximate surface area is 191 Å². The molecule has 1 aliphatic heterocycles. The molecule has 0 radical (unpaired) electrons. The van der Waals surface area contributed by atoms with E-state index >= 15 is 0 Å². The summed E-state index contributed by atoms with van der Waals surface area (Å²) in [6.07, 6.45) is -7.08. The van der Waals surface area contributed by atoms with Crippen molar-refractivity contribution in [1.82, 2.24) is 0 Å². The van der Waals surface area contributed by atoms with Crippen LogP contribution in [0.15, 0.2) is 34.8 Å². The maximum Gasteiger partial charge on any atom is 0.113 e. The molecule has 0 saturated carbocycles. The van der Waals surface area contributed by atoms with Crippen LogP contribution in [-0.2, 0) is 4.74 Å². The van der Waals surface area contributed by atoms with Gasteiger partial charge in [0.1, 0.15) is 36.6 Å². The molecule has 170 valence electrons. The third kappa shape index (κ3) is 4.73. The molecule has 0 aliphatic carbocycles. The zero-order valence-electron chi connectivity index (χ0n) is 18.2. The first-order valence-corrected chi connectivity index (χ1v) is 11.2. The van der Waals surface area contributed by atoms with E-state index in [4.69, 9.17) is 4.74 Å². The summed E-state index contributed by atoms with van der Waals surface area (Å²) < 4.78 is 6.71. The lowest BCUT2D eigenvalue weighted by molar-refractivity contribution is -0.231. The Morgan fingerprint density at radius 2 is 1.58 bits per heavy atom. The van der Waals surface area contributed by atoms with E-state index in [1.807, 2.05) is 58.0 Å². The molecule has 0 aromatic heterocycles. The summed E-state index contributed by atoms with van der Waals surface area (Å²) in [7, 11) is 0. The van der Waals surface area contributed by atoms with Gasteiger partial charge >= 0.3 is 0 Å². The first-order valence-electron chi connectivity index (χ1n) is 10.5. The quantitative estimate of drug-likeness (QED) is 0.437. The number of ether oxygens (including phenoxy) is 1. The Morgan fingerprint density at radius 3 is 2.16 bits per heavy atom. The van der Waals surface area contributed by atoms with Crippen molar-refractivity contribution >= 4 is 15.9 Å². The summed E-state index contributed by atoms with van der Waals surface area (Å²) in [4.78, 5) is 0. The lowest BCUT2D eigenvalue weighted by Crippen LogP contribution is -2.55. The SMILES string of the molecule is Cc1cc(Br)ccc1C(O)c1cc([C@@H]2O[C@H](CO)[C@H](O)[C@H](O)[C@@H]2O)c(C)cc1C(C)C. The average molecular weight is 495 g/mol. The average Bonchev–Trinajstić information content (AvgIpc) is 2.72. The fraction of sp³-hybridized carbons (Fsp3) is 0.500. The smallest absolute Gasteiger partial charge is 0.113 e. The molecule has 1 heterocycles. The maximum absolute atomic E-state index is 11.3. The van der Waals surface area contributed by atoms with Crippen LogP contribution in [0.4, 0.5) is 0 Å². The number of rotatable bonds is 5. The van der Waals surface area contributed by atoms with Gasteiger partial charge in [0.25, 0.3) is 0 Å². The number of aryl methyl sites for hydroxylation is 2. The van der Waals surface area contributed by atoms with Crippen molar-refractivity contribution in [3.63, 3.8) is 0 Å². The summed E-state index contributed by atoms with van der Waals surface area (Å²) >= 11 is 3.45. The number of halogens is 1. The third-order valence-electron chi connectivity index (χ3n) is 6.11. The summed E-state index contributed by atoms with van der Waals surface area (Å²) in [6.45, 7) is 7.42. The zero-order valence-corrected chi connectivity index (χ0v) is 19.7. The third-order valence-corrected chi connectivity index (χ3v) is 6.61. The van der Waals surface area contributed by atoms with Gasteiger partial charge in [-0.2, -0.15) is 0 Å². The van der Waals surface area contributed by atoms with Gasteiger partial charge in [-0.15, -0.1) is 0 Å². The molecule has 7 heteroatoms. The first kappa shape index (κ1) is 24.3. The second-order valence-electron chi connectivity index (χ2n) is 8.65. The number of aliphatic hydroxyl groups excluding tert-OH is 5. The van der Waals surface area contributed by atoms with E-state index in [1.54, 1.807) is 0 Å². The van der Waals surface area contributed by atoms with Crippen molar-refractivity contribution in [3.8, 4) is 0 Å². The summed E-state index contributed by atoms with van der Waals surface area (Å²) in [5.41, 5.74) is 4.81. The van der Waals surface area contributed by atoms with Gasteiger partial charge in [-0.25, -0.2) is 0 Å². The van der Waals surface area contributed by atoms with Crippen LogP contribution >= 0.6 is 15.9 Å². The van der Waals surface area contributed by atoms with Crippen LogP contribution < -0.4 is 0 Å². The first-order chi connectivity index (χ1) is 14.6. The van der Waals surface area contributed by atoms with Crippen molar-refractivity contribution < 1.29 is 30.3 Å².